The van der Waals surface area contributed by atoms with Gasteiger partial charge in [0.15, 0.2) is 0 Å². The molecule has 0 amide bonds. The summed E-state index contributed by atoms with van der Waals surface area (Å²) in [5, 5.41) is 10.6. The van der Waals surface area contributed by atoms with E-state index in [4.69, 9.17) is 0 Å². The van der Waals surface area contributed by atoms with Gasteiger partial charge in [-0.15, -0.1) is 0 Å². The fraction of sp³-hybridized carbons (Fsp3) is 0.526. The third kappa shape index (κ3) is 2.98. The quantitative estimate of drug-likeness (QED) is 0.941. The molecule has 128 valence electrons. The predicted molar refractivity (Wildman–Crippen MR) is 89.9 cm³/mol. The van der Waals surface area contributed by atoms with Crippen molar-refractivity contribution in [1.82, 2.24) is 14.5 Å². The Balaban J connectivity index is 1.44. The van der Waals surface area contributed by atoms with Crippen LogP contribution < -0.4 is 0 Å². The second kappa shape index (κ2) is 6.30. The number of benzene rings is 1. The van der Waals surface area contributed by atoms with E-state index in [1.165, 1.54) is 6.07 Å². The van der Waals surface area contributed by atoms with Crippen LogP contribution >= 0.6 is 0 Å². The van der Waals surface area contributed by atoms with E-state index in [0.717, 1.165) is 43.9 Å². The van der Waals surface area contributed by atoms with Crippen molar-refractivity contribution >= 4 is 0 Å². The second-order valence-corrected chi connectivity index (χ2v) is 7.33. The fourth-order valence-corrected chi connectivity index (χ4v) is 4.56. The number of aliphatic hydroxyl groups excluding tert-OH is 1. The molecule has 2 heterocycles. The van der Waals surface area contributed by atoms with E-state index < -0.39 is 0 Å². The van der Waals surface area contributed by atoms with Crippen molar-refractivity contribution in [1.29, 1.82) is 0 Å². The number of fused-ring (bicyclic) bond motifs is 1. The summed E-state index contributed by atoms with van der Waals surface area (Å²) >= 11 is 0. The molecule has 4 nitrogen and oxygen atoms in total. The zero-order valence-corrected chi connectivity index (χ0v) is 14.0. The van der Waals surface area contributed by atoms with Gasteiger partial charge in [-0.1, -0.05) is 12.1 Å². The number of rotatable bonds is 3. The predicted octanol–water partition coefficient (Wildman–Crippen LogP) is 2.77. The molecule has 1 aromatic heterocycles. The van der Waals surface area contributed by atoms with Crippen LogP contribution in [0.4, 0.5) is 4.39 Å². The Bertz CT molecular complexity index is 716. The van der Waals surface area contributed by atoms with Gasteiger partial charge >= 0.3 is 0 Å². The van der Waals surface area contributed by atoms with Gasteiger partial charge in [-0.05, 0) is 49.3 Å². The van der Waals surface area contributed by atoms with Crippen molar-refractivity contribution in [2.75, 3.05) is 13.1 Å². The van der Waals surface area contributed by atoms with E-state index in [0.29, 0.717) is 11.8 Å². The van der Waals surface area contributed by atoms with Gasteiger partial charge in [-0.25, -0.2) is 9.37 Å². The first kappa shape index (κ1) is 15.8. The van der Waals surface area contributed by atoms with E-state index >= 15 is 0 Å². The molecule has 1 aliphatic heterocycles. The highest BCUT2D eigenvalue weighted by Crippen LogP contribution is 2.41. The maximum atomic E-state index is 13.4. The molecule has 24 heavy (non-hydrogen) atoms. The Kier molecular flexibility index (Phi) is 4.14. The van der Waals surface area contributed by atoms with Crippen LogP contribution in [0.1, 0.15) is 30.3 Å². The molecule has 1 saturated carbocycles. The summed E-state index contributed by atoms with van der Waals surface area (Å²) in [4.78, 5) is 6.70. The Morgan fingerprint density at radius 1 is 1.25 bits per heavy atom. The number of aromatic nitrogens is 2. The molecule has 5 heteroatoms. The Labute approximate surface area is 141 Å². The van der Waals surface area contributed by atoms with Gasteiger partial charge in [0, 0.05) is 32.0 Å². The van der Waals surface area contributed by atoms with Crippen molar-refractivity contribution in [3.63, 3.8) is 0 Å². The van der Waals surface area contributed by atoms with E-state index in [2.05, 4.69) is 14.5 Å². The smallest absolute Gasteiger partial charge is 0.123 e. The van der Waals surface area contributed by atoms with Crippen LogP contribution in [0, 0.1) is 24.6 Å². The maximum absolute atomic E-state index is 13.4. The minimum absolute atomic E-state index is 0.128. The van der Waals surface area contributed by atoms with E-state index in [1.807, 2.05) is 19.2 Å². The molecular weight excluding hydrogens is 305 g/mol. The van der Waals surface area contributed by atoms with Crippen molar-refractivity contribution in [2.45, 2.75) is 38.5 Å². The van der Waals surface area contributed by atoms with E-state index in [1.54, 1.807) is 18.3 Å². The monoisotopic (exact) mass is 329 g/mol. The van der Waals surface area contributed by atoms with Gasteiger partial charge in [-0.2, -0.15) is 0 Å². The number of halogens is 1. The van der Waals surface area contributed by atoms with Crippen LogP contribution in [0.25, 0.3) is 0 Å². The van der Waals surface area contributed by atoms with Crippen LogP contribution in [-0.2, 0) is 6.54 Å². The largest absolute Gasteiger partial charge is 0.391 e. The van der Waals surface area contributed by atoms with Crippen LogP contribution in [0.2, 0.25) is 0 Å². The van der Waals surface area contributed by atoms with Crippen molar-refractivity contribution in [2.24, 2.45) is 11.8 Å². The lowest BCUT2D eigenvalue weighted by Crippen LogP contribution is -2.36. The maximum Gasteiger partial charge on any atom is 0.123 e. The van der Waals surface area contributed by atoms with Gasteiger partial charge in [-0.3, -0.25) is 4.90 Å². The van der Waals surface area contributed by atoms with Crippen molar-refractivity contribution in [3.05, 3.63) is 53.9 Å². The molecule has 2 fully saturated rings. The molecule has 1 N–H and O–H groups in total. The number of hydrogen-bond acceptors (Lipinski definition) is 3. The van der Waals surface area contributed by atoms with Gasteiger partial charge in [0.1, 0.15) is 11.6 Å². The van der Waals surface area contributed by atoms with Gasteiger partial charge < -0.3 is 9.67 Å². The number of hydrogen-bond donors (Lipinski definition) is 1. The molecular formula is C19H24FN3O. The molecule has 2 aromatic rings. The second-order valence-electron chi connectivity index (χ2n) is 7.33. The summed E-state index contributed by atoms with van der Waals surface area (Å²) in [5.41, 5.74) is 1.02. The fourth-order valence-electron chi connectivity index (χ4n) is 4.56. The number of nitrogens with zero attached hydrogens (tertiary/aromatic N) is 3. The van der Waals surface area contributed by atoms with Crippen LogP contribution in [0.5, 0.6) is 0 Å². The average Bonchev–Trinajstić information content (AvgIpc) is 3.11. The molecule has 2 aliphatic rings. The number of aliphatic hydroxyl groups is 1. The lowest BCUT2D eigenvalue weighted by Gasteiger charge is -2.36. The summed E-state index contributed by atoms with van der Waals surface area (Å²) < 4.78 is 15.5. The molecule has 0 bridgehead atoms. The van der Waals surface area contributed by atoms with Gasteiger partial charge in [0.05, 0.1) is 12.1 Å². The summed E-state index contributed by atoms with van der Waals surface area (Å²) in [6, 6.07) is 6.99. The lowest BCUT2D eigenvalue weighted by molar-refractivity contribution is 0.0349. The summed E-state index contributed by atoms with van der Waals surface area (Å²) in [5.74, 6) is 1.92. The molecule has 1 aliphatic carbocycles. The third-order valence-corrected chi connectivity index (χ3v) is 5.70. The normalized spacial score (nSPS) is 30.5. The van der Waals surface area contributed by atoms with Crippen molar-refractivity contribution in [3.8, 4) is 0 Å². The Morgan fingerprint density at radius 2 is 2.04 bits per heavy atom. The van der Waals surface area contributed by atoms with Gasteiger partial charge in [0.25, 0.3) is 0 Å². The van der Waals surface area contributed by atoms with Gasteiger partial charge in [0.2, 0.25) is 0 Å². The van der Waals surface area contributed by atoms with E-state index in [-0.39, 0.29) is 18.0 Å². The number of aryl methyl sites for hydroxylation is 1. The summed E-state index contributed by atoms with van der Waals surface area (Å²) in [7, 11) is 0. The van der Waals surface area contributed by atoms with Crippen molar-refractivity contribution < 1.29 is 9.50 Å². The molecule has 0 radical (unpaired) electrons. The highest BCUT2D eigenvalue weighted by molar-refractivity contribution is 5.16. The number of imidazole rings is 1. The zero-order valence-electron chi connectivity index (χ0n) is 14.0. The third-order valence-electron chi connectivity index (χ3n) is 5.70. The Morgan fingerprint density at radius 3 is 2.75 bits per heavy atom. The topological polar surface area (TPSA) is 41.3 Å². The minimum atomic E-state index is -0.312. The molecule has 1 saturated heterocycles. The zero-order chi connectivity index (χ0) is 16.7. The standard InChI is InChI=1S/C19H24FN3O/c1-13-21-5-6-23(13)18-8-15-11-22(12-16(15)9-19(18)24)10-14-3-2-4-17(20)7-14/h2-7,15-16,18-19,24H,8-12H2,1H3/t15-,16+,18-,19-/m0/s1. The highest BCUT2D eigenvalue weighted by Gasteiger charge is 2.42. The molecule has 0 unspecified atom stereocenters. The van der Waals surface area contributed by atoms with Crippen LogP contribution in [0.15, 0.2) is 36.7 Å². The molecule has 4 rings (SSSR count). The minimum Gasteiger partial charge on any atom is -0.391 e. The first-order valence-corrected chi connectivity index (χ1v) is 8.74. The average molecular weight is 329 g/mol. The summed E-state index contributed by atoms with van der Waals surface area (Å²) in [6.07, 6.45) is 5.30. The molecule has 4 atom stereocenters. The van der Waals surface area contributed by atoms with Crippen LogP contribution in [0.3, 0.4) is 0 Å². The first-order chi connectivity index (χ1) is 11.6. The highest BCUT2D eigenvalue weighted by atomic mass is 19.1. The molecule has 1 aromatic carbocycles. The van der Waals surface area contributed by atoms with E-state index in [9.17, 15) is 9.50 Å². The lowest BCUT2D eigenvalue weighted by atomic mass is 9.77. The molecule has 0 spiro atoms. The number of likely N-dealkylation sites (tertiary alicyclic amines) is 1. The van der Waals surface area contributed by atoms with Crippen LogP contribution in [-0.4, -0.2) is 38.8 Å². The summed E-state index contributed by atoms with van der Waals surface area (Å²) in [6.45, 7) is 4.80. The Hall–Kier alpha value is -1.72. The first-order valence-electron chi connectivity index (χ1n) is 8.74. The SMILES string of the molecule is Cc1nccn1[C@H]1C[C@H]2CN(Cc3cccc(F)c3)C[C@H]2C[C@@H]1O.